The number of rotatable bonds is 5. The highest BCUT2D eigenvalue weighted by molar-refractivity contribution is 8.00. The van der Waals surface area contributed by atoms with Crippen LogP contribution in [-0.2, 0) is 16.0 Å². The summed E-state index contributed by atoms with van der Waals surface area (Å²) in [6.07, 6.45) is 2.74. The maximum atomic E-state index is 13.0. The number of fused-ring (bicyclic) bond motifs is 1. The minimum absolute atomic E-state index is 0.0807. The van der Waals surface area contributed by atoms with E-state index in [1.807, 2.05) is 28.9 Å². The predicted octanol–water partition coefficient (Wildman–Crippen LogP) is 2.41. The lowest BCUT2D eigenvalue weighted by molar-refractivity contribution is -0.140. The van der Waals surface area contributed by atoms with Crippen molar-refractivity contribution >= 4 is 23.6 Å². The minimum atomic E-state index is -0.782. The molecular formula is C19H26N2O3S. The monoisotopic (exact) mass is 362 g/mol. The number of benzene rings is 1. The molecule has 0 aromatic heterocycles. The molecule has 2 aliphatic heterocycles. The van der Waals surface area contributed by atoms with Crippen molar-refractivity contribution in [3.8, 4) is 0 Å². The van der Waals surface area contributed by atoms with Crippen LogP contribution in [0.25, 0.3) is 0 Å². The Labute approximate surface area is 153 Å². The van der Waals surface area contributed by atoms with Crippen LogP contribution in [-0.4, -0.2) is 64.8 Å². The summed E-state index contributed by atoms with van der Waals surface area (Å²) in [4.78, 5) is 28.0. The maximum Gasteiger partial charge on any atom is 0.317 e. The van der Waals surface area contributed by atoms with Gasteiger partial charge in [0.2, 0.25) is 5.91 Å². The number of aliphatic carboxylic acids is 1. The average molecular weight is 362 g/mol. The second-order valence-electron chi connectivity index (χ2n) is 6.71. The lowest BCUT2D eigenvalue weighted by atomic mass is 9.99. The number of carbonyl (C=O) groups is 2. The number of likely N-dealkylation sites (N-methyl/N-ethyl adjacent to an activating group) is 1. The van der Waals surface area contributed by atoms with Crippen LogP contribution >= 0.6 is 11.8 Å². The fraction of sp³-hybridized carbons (Fsp3) is 0.579. The first-order valence-corrected chi connectivity index (χ1v) is 10.1. The Bertz CT molecular complexity index is 629. The number of hydrogen-bond acceptors (Lipinski definition) is 4. The summed E-state index contributed by atoms with van der Waals surface area (Å²) in [5, 5.41) is 8.96. The maximum absolute atomic E-state index is 13.0. The van der Waals surface area contributed by atoms with Crippen molar-refractivity contribution in [2.75, 3.05) is 31.9 Å². The lowest BCUT2D eigenvalue weighted by Crippen LogP contribution is -2.49. The number of amides is 1. The van der Waals surface area contributed by atoms with Gasteiger partial charge >= 0.3 is 5.97 Å². The molecule has 1 fully saturated rings. The minimum Gasteiger partial charge on any atom is -0.480 e. The van der Waals surface area contributed by atoms with Gasteiger partial charge in [-0.3, -0.25) is 14.5 Å². The third kappa shape index (κ3) is 4.18. The molecule has 1 aromatic rings. The van der Waals surface area contributed by atoms with Crippen LogP contribution in [0.5, 0.6) is 0 Å². The fourth-order valence-corrected chi connectivity index (χ4v) is 5.16. The van der Waals surface area contributed by atoms with Gasteiger partial charge in [-0.25, -0.2) is 0 Å². The second-order valence-corrected chi connectivity index (χ2v) is 7.93. The standard InChI is InChI=1S/C19H26N2O3S/c1-2-20(13-17(22)23)15-7-10-21(11-8-15)19(24)18-16-6-4-3-5-14(16)9-12-25-18/h3-6,15,18H,2,7-13H2,1H3,(H,22,23)/t18-/m0/s1. The molecule has 1 N–H and O–H groups in total. The van der Waals surface area contributed by atoms with E-state index in [0.717, 1.165) is 44.6 Å². The molecule has 2 heterocycles. The third-order valence-electron chi connectivity index (χ3n) is 5.25. The zero-order chi connectivity index (χ0) is 17.8. The van der Waals surface area contributed by atoms with E-state index in [1.54, 1.807) is 11.8 Å². The van der Waals surface area contributed by atoms with E-state index in [2.05, 4.69) is 12.1 Å². The summed E-state index contributed by atoms with van der Waals surface area (Å²) in [5.74, 6) is 0.430. The second kappa shape index (κ2) is 8.23. The average Bonchev–Trinajstić information content (AvgIpc) is 2.65. The van der Waals surface area contributed by atoms with Crippen LogP contribution in [0, 0.1) is 0 Å². The molecule has 1 amide bonds. The Balaban J connectivity index is 1.62. The van der Waals surface area contributed by atoms with Crippen molar-refractivity contribution in [3.63, 3.8) is 0 Å². The molecule has 0 bridgehead atoms. The largest absolute Gasteiger partial charge is 0.480 e. The summed E-state index contributed by atoms with van der Waals surface area (Å²) < 4.78 is 0. The van der Waals surface area contributed by atoms with Crippen LogP contribution in [0.3, 0.4) is 0 Å². The number of hydrogen-bond donors (Lipinski definition) is 1. The van der Waals surface area contributed by atoms with Gasteiger partial charge in [0, 0.05) is 19.1 Å². The van der Waals surface area contributed by atoms with E-state index in [4.69, 9.17) is 5.11 Å². The molecule has 1 saturated heterocycles. The first kappa shape index (κ1) is 18.3. The number of carboxylic acid groups (broad SMARTS) is 1. The smallest absolute Gasteiger partial charge is 0.317 e. The fourth-order valence-electron chi connectivity index (χ4n) is 3.89. The van der Waals surface area contributed by atoms with Crippen LogP contribution < -0.4 is 0 Å². The number of thioether (sulfide) groups is 1. The highest BCUT2D eigenvalue weighted by Gasteiger charge is 2.33. The van der Waals surface area contributed by atoms with Gasteiger partial charge in [-0.1, -0.05) is 31.2 Å². The van der Waals surface area contributed by atoms with Crippen molar-refractivity contribution in [3.05, 3.63) is 35.4 Å². The molecule has 3 rings (SSSR count). The van der Waals surface area contributed by atoms with Crippen molar-refractivity contribution in [1.82, 2.24) is 9.80 Å². The van der Waals surface area contributed by atoms with E-state index in [1.165, 1.54) is 11.1 Å². The Morgan fingerprint density at radius 1 is 1.28 bits per heavy atom. The number of nitrogens with zero attached hydrogens (tertiary/aromatic N) is 2. The van der Waals surface area contributed by atoms with Gasteiger partial charge in [-0.05, 0) is 42.7 Å². The zero-order valence-electron chi connectivity index (χ0n) is 14.7. The number of piperidine rings is 1. The van der Waals surface area contributed by atoms with Gasteiger partial charge in [0.25, 0.3) is 0 Å². The number of carbonyl (C=O) groups excluding carboxylic acids is 1. The van der Waals surface area contributed by atoms with E-state index < -0.39 is 5.97 Å². The Hall–Kier alpha value is -1.53. The normalized spacial score (nSPS) is 21.2. The molecule has 1 atom stereocenters. The summed E-state index contributed by atoms with van der Waals surface area (Å²) in [5.41, 5.74) is 2.47. The number of carboxylic acids is 1. The number of likely N-dealkylation sites (tertiary alicyclic amines) is 1. The van der Waals surface area contributed by atoms with Crippen molar-refractivity contribution < 1.29 is 14.7 Å². The molecule has 5 nitrogen and oxygen atoms in total. The van der Waals surface area contributed by atoms with Crippen molar-refractivity contribution in [2.24, 2.45) is 0 Å². The lowest BCUT2D eigenvalue weighted by Gasteiger charge is -2.39. The molecule has 1 aromatic carbocycles. The molecule has 2 aliphatic rings. The van der Waals surface area contributed by atoms with Gasteiger partial charge in [0.1, 0.15) is 5.25 Å². The first-order valence-electron chi connectivity index (χ1n) is 9.04. The Morgan fingerprint density at radius 3 is 2.68 bits per heavy atom. The van der Waals surface area contributed by atoms with Gasteiger partial charge < -0.3 is 10.0 Å². The molecule has 0 unspecified atom stereocenters. The molecule has 0 saturated carbocycles. The van der Waals surface area contributed by atoms with Gasteiger partial charge in [0.05, 0.1) is 6.54 Å². The van der Waals surface area contributed by atoms with E-state index in [0.29, 0.717) is 0 Å². The highest BCUT2D eigenvalue weighted by atomic mass is 32.2. The molecule has 25 heavy (non-hydrogen) atoms. The molecular weight excluding hydrogens is 336 g/mol. The van der Waals surface area contributed by atoms with Crippen LogP contribution in [0.2, 0.25) is 0 Å². The van der Waals surface area contributed by atoms with E-state index in [-0.39, 0.29) is 23.7 Å². The van der Waals surface area contributed by atoms with Crippen LogP contribution in [0.15, 0.2) is 24.3 Å². The van der Waals surface area contributed by atoms with Gasteiger partial charge in [-0.2, -0.15) is 0 Å². The van der Waals surface area contributed by atoms with Crippen LogP contribution in [0.4, 0.5) is 0 Å². The topological polar surface area (TPSA) is 60.9 Å². The molecule has 0 radical (unpaired) electrons. The van der Waals surface area contributed by atoms with Crippen molar-refractivity contribution in [2.45, 2.75) is 37.5 Å². The number of aryl methyl sites for hydroxylation is 1. The zero-order valence-corrected chi connectivity index (χ0v) is 15.5. The molecule has 0 aliphatic carbocycles. The summed E-state index contributed by atoms with van der Waals surface area (Å²) in [6, 6.07) is 8.54. The van der Waals surface area contributed by atoms with Gasteiger partial charge in [-0.15, -0.1) is 11.8 Å². The summed E-state index contributed by atoms with van der Waals surface area (Å²) in [7, 11) is 0. The molecule has 0 spiro atoms. The van der Waals surface area contributed by atoms with E-state index in [9.17, 15) is 9.59 Å². The summed E-state index contributed by atoms with van der Waals surface area (Å²) in [6.45, 7) is 4.26. The third-order valence-corrected chi connectivity index (χ3v) is 6.48. The Morgan fingerprint density at radius 2 is 2.00 bits per heavy atom. The predicted molar refractivity (Wildman–Crippen MR) is 99.8 cm³/mol. The Kier molecular flexibility index (Phi) is 6.02. The van der Waals surface area contributed by atoms with Crippen molar-refractivity contribution in [1.29, 1.82) is 0 Å². The van der Waals surface area contributed by atoms with Gasteiger partial charge in [0.15, 0.2) is 0 Å². The highest BCUT2D eigenvalue weighted by Crippen LogP contribution is 2.38. The van der Waals surface area contributed by atoms with Crippen LogP contribution in [0.1, 0.15) is 36.1 Å². The SMILES string of the molecule is CCN(CC(=O)O)C1CCN(C(=O)[C@H]2SCCc3ccccc32)CC1. The summed E-state index contributed by atoms with van der Waals surface area (Å²) >= 11 is 1.75. The first-order chi connectivity index (χ1) is 12.1. The molecule has 136 valence electrons. The molecule has 6 heteroatoms. The quantitative estimate of drug-likeness (QED) is 0.872. The van der Waals surface area contributed by atoms with E-state index >= 15 is 0 Å².